The lowest BCUT2D eigenvalue weighted by Crippen LogP contribution is -2.43. The maximum absolute atomic E-state index is 12.9. The third-order valence-electron chi connectivity index (χ3n) is 5.72. The zero-order chi connectivity index (χ0) is 21.6. The topological polar surface area (TPSA) is 69.7 Å². The Hall–Kier alpha value is -2.23. The lowest BCUT2D eigenvalue weighted by Gasteiger charge is -2.33. The van der Waals surface area contributed by atoms with Crippen molar-refractivity contribution < 1.29 is 9.53 Å². The number of carbonyl (C=O) groups is 1. The Balaban J connectivity index is 1.38. The van der Waals surface area contributed by atoms with Gasteiger partial charge in [-0.05, 0) is 44.1 Å². The molecular weight excluding hydrogens is 430 g/mol. The van der Waals surface area contributed by atoms with Gasteiger partial charge in [0.1, 0.15) is 5.69 Å². The molecule has 1 amide bonds. The second kappa shape index (κ2) is 10.4. The number of aromatic nitrogens is 1. The van der Waals surface area contributed by atoms with Crippen LogP contribution in [0.2, 0.25) is 0 Å². The number of hydrogen-bond donors (Lipinski definition) is 2. The van der Waals surface area contributed by atoms with Crippen LogP contribution in [-0.2, 0) is 4.74 Å². The van der Waals surface area contributed by atoms with Crippen LogP contribution in [-0.4, -0.2) is 66.8 Å². The summed E-state index contributed by atoms with van der Waals surface area (Å²) in [6.07, 6.45) is 2.00. The molecule has 4 rings (SSSR count). The van der Waals surface area contributed by atoms with Crippen molar-refractivity contribution in [3.8, 4) is 0 Å². The molecule has 0 saturated carbocycles. The van der Waals surface area contributed by atoms with E-state index in [2.05, 4.69) is 32.3 Å². The van der Waals surface area contributed by atoms with Crippen LogP contribution >= 0.6 is 23.6 Å². The van der Waals surface area contributed by atoms with Crippen molar-refractivity contribution in [2.75, 3.05) is 56.2 Å². The standard InChI is InChI=1S/C22H29N5O2S2/c1-2-23-22(30)27-9-7-16(8-10-27)21-25-18(15-31-21)20(28)24-17-5-3-4-6-19(17)26-11-13-29-14-12-26/h3-6,15-16H,2,7-14H2,1H3,(H,23,30)(H,24,28). The number of likely N-dealkylation sites (tertiary alicyclic amines) is 1. The number of thiazole rings is 1. The first-order valence-corrected chi connectivity index (χ1v) is 12.2. The Bertz CT molecular complexity index is 905. The summed E-state index contributed by atoms with van der Waals surface area (Å²) in [5.41, 5.74) is 2.33. The van der Waals surface area contributed by atoms with E-state index >= 15 is 0 Å². The van der Waals surface area contributed by atoms with Crippen molar-refractivity contribution in [1.29, 1.82) is 0 Å². The van der Waals surface area contributed by atoms with Gasteiger partial charge < -0.3 is 25.2 Å². The minimum absolute atomic E-state index is 0.158. The van der Waals surface area contributed by atoms with Crippen LogP contribution in [0.4, 0.5) is 11.4 Å². The van der Waals surface area contributed by atoms with Crippen molar-refractivity contribution in [3.63, 3.8) is 0 Å². The van der Waals surface area contributed by atoms with Gasteiger partial charge in [-0.15, -0.1) is 11.3 Å². The SMILES string of the molecule is CCNC(=S)N1CCC(c2nc(C(=O)Nc3ccccc3N3CCOCC3)cs2)CC1. The molecule has 0 atom stereocenters. The molecule has 7 nitrogen and oxygen atoms in total. The zero-order valence-electron chi connectivity index (χ0n) is 17.8. The number of para-hydroxylation sites is 2. The van der Waals surface area contributed by atoms with E-state index in [4.69, 9.17) is 17.0 Å². The van der Waals surface area contributed by atoms with Crippen LogP contribution in [0.15, 0.2) is 29.6 Å². The Kier molecular flexibility index (Phi) is 7.37. The van der Waals surface area contributed by atoms with Gasteiger partial charge in [0.15, 0.2) is 5.11 Å². The lowest BCUT2D eigenvalue weighted by molar-refractivity contribution is 0.102. The van der Waals surface area contributed by atoms with Gasteiger partial charge in [-0.25, -0.2) is 4.98 Å². The van der Waals surface area contributed by atoms with E-state index in [0.29, 0.717) is 24.8 Å². The molecule has 0 spiro atoms. The molecule has 0 unspecified atom stereocenters. The predicted molar refractivity (Wildman–Crippen MR) is 129 cm³/mol. The van der Waals surface area contributed by atoms with E-state index in [-0.39, 0.29) is 5.91 Å². The largest absolute Gasteiger partial charge is 0.378 e. The molecule has 1 aromatic carbocycles. The van der Waals surface area contributed by atoms with Crippen LogP contribution < -0.4 is 15.5 Å². The molecule has 2 aliphatic rings. The number of morpholine rings is 1. The van der Waals surface area contributed by atoms with Crippen molar-refractivity contribution in [3.05, 3.63) is 40.3 Å². The van der Waals surface area contributed by atoms with E-state index in [1.807, 2.05) is 29.6 Å². The number of rotatable bonds is 5. The van der Waals surface area contributed by atoms with Crippen LogP contribution in [0, 0.1) is 0 Å². The fourth-order valence-corrected chi connectivity index (χ4v) is 5.32. The summed E-state index contributed by atoms with van der Waals surface area (Å²) in [6.45, 7) is 7.80. The Morgan fingerprint density at radius 1 is 1.23 bits per heavy atom. The van der Waals surface area contributed by atoms with E-state index in [1.54, 1.807) is 11.3 Å². The molecule has 2 N–H and O–H groups in total. The number of thiocarbonyl (C=S) groups is 1. The fourth-order valence-electron chi connectivity index (χ4n) is 4.02. The second-order valence-corrected chi connectivity index (χ2v) is 9.01. The van der Waals surface area contributed by atoms with Gasteiger partial charge in [0.25, 0.3) is 5.91 Å². The Labute approximate surface area is 192 Å². The Morgan fingerprint density at radius 2 is 1.97 bits per heavy atom. The highest BCUT2D eigenvalue weighted by molar-refractivity contribution is 7.80. The first-order chi connectivity index (χ1) is 15.2. The van der Waals surface area contributed by atoms with Crippen LogP contribution in [0.5, 0.6) is 0 Å². The summed E-state index contributed by atoms with van der Waals surface area (Å²) in [7, 11) is 0. The van der Waals surface area contributed by atoms with Crippen LogP contribution in [0.25, 0.3) is 0 Å². The van der Waals surface area contributed by atoms with E-state index in [0.717, 1.165) is 67.1 Å². The number of benzene rings is 1. The number of ether oxygens (including phenoxy) is 1. The van der Waals surface area contributed by atoms with Crippen molar-refractivity contribution in [2.45, 2.75) is 25.7 Å². The molecule has 0 aliphatic carbocycles. The lowest BCUT2D eigenvalue weighted by atomic mass is 9.98. The highest BCUT2D eigenvalue weighted by atomic mass is 32.1. The molecule has 2 fully saturated rings. The van der Waals surface area contributed by atoms with Crippen molar-refractivity contribution in [1.82, 2.24) is 15.2 Å². The van der Waals surface area contributed by atoms with E-state index in [1.165, 1.54) is 0 Å². The molecular formula is C22H29N5O2S2. The maximum Gasteiger partial charge on any atom is 0.275 e. The van der Waals surface area contributed by atoms with Gasteiger partial charge in [-0.1, -0.05) is 12.1 Å². The number of carbonyl (C=O) groups excluding carboxylic acids is 1. The third-order valence-corrected chi connectivity index (χ3v) is 7.13. The maximum atomic E-state index is 12.9. The smallest absolute Gasteiger partial charge is 0.275 e. The predicted octanol–water partition coefficient (Wildman–Crippen LogP) is 3.31. The second-order valence-electron chi connectivity index (χ2n) is 7.74. The summed E-state index contributed by atoms with van der Waals surface area (Å²) in [5, 5.41) is 10.0. The van der Waals surface area contributed by atoms with Crippen molar-refractivity contribution >= 4 is 45.9 Å². The first-order valence-electron chi connectivity index (χ1n) is 10.9. The zero-order valence-corrected chi connectivity index (χ0v) is 19.4. The average Bonchev–Trinajstić information content (AvgIpc) is 3.31. The minimum atomic E-state index is -0.158. The first kappa shape index (κ1) is 22.0. The summed E-state index contributed by atoms with van der Waals surface area (Å²) >= 11 is 7.01. The average molecular weight is 460 g/mol. The summed E-state index contributed by atoms with van der Waals surface area (Å²) in [4.78, 5) is 22.1. The molecule has 1 aromatic heterocycles. The summed E-state index contributed by atoms with van der Waals surface area (Å²) in [5.74, 6) is 0.224. The quantitative estimate of drug-likeness (QED) is 0.665. The molecule has 2 aliphatic heterocycles. The van der Waals surface area contributed by atoms with Gasteiger partial charge in [0, 0.05) is 44.0 Å². The van der Waals surface area contributed by atoms with Crippen molar-refractivity contribution in [2.24, 2.45) is 0 Å². The molecule has 9 heteroatoms. The summed E-state index contributed by atoms with van der Waals surface area (Å²) in [6, 6.07) is 7.92. The highest BCUT2D eigenvalue weighted by Crippen LogP contribution is 2.31. The van der Waals surface area contributed by atoms with E-state index in [9.17, 15) is 4.79 Å². The number of anilines is 2. The number of nitrogens with one attached hydrogen (secondary N) is 2. The minimum Gasteiger partial charge on any atom is -0.378 e. The normalized spacial score (nSPS) is 17.5. The van der Waals surface area contributed by atoms with Gasteiger partial charge >= 0.3 is 0 Å². The van der Waals surface area contributed by atoms with Crippen LogP contribution in [0.1, 0.15) is 41.2 Å². The van der Waals surface area contributed by atoms with Crippen LogP contribution in [0.3, 0.4) is 0 Å². The van der Waals surface area contributed by atoms with Gasteiger partial charge in [0.05, 0.1) is 29.6 Å². The molecule has 2 aromatic rings. The monoisotopic (exact) mass is 459 g/mol. The van der Waals surface area contributed by atoms with Gasteiger partial charge in [-0.3, -0.25) is 4.79 Å². The third kappa shape index (κ3) is 5.34. The fraction of sp³-hybridized carbons (Fsp3) is 0.500. The number of hydrogen-bond acceptors (Lipinski definition) is 6. The molecule has 3 heterocycles. The highest BCUT2D eigenvalue weighted by Gasteiger charge is 2.25. The number of amides is 1. The van der Waals surface area contributed by atoms with Gasteiger partial charge in [-0.2, -0.15) is 0 Å². The molecule has 2 saturated heterocycles. The molecule has 0 radical (unpaired) electrons. The molecule has 31 heavy (non-hydrogen) atoms. The Morgan fingerprint density at radius 3 is 2.71 bits per heavy atom. The number of piperidine rings is 1. The summed E-state index contributed by atoms with van der Waals surface area (Å²) < 4.78 is 5.45. The molecule has 0 bridgehead atoms. The number of nitrogens with zero attached hydrogens (tertiary/aromatic N) is 3. The van der Waals surface area contributed by atoms with Gasteiger partial charge in [0.2, 0.25) is 0 Å². The molecule has 166 valence electrons. The van der Waals surface area contributed by atoms with E-state index < -0.39 is 0 Å².